The van der Waals surface area contributed by atoms with Crippen molar-refractivity contribution in [3.63, 3.8) is 0 Å². The van der Waals surface area contributed by atoms with E-state index < -0.39 is 11.8 Å². The summed E-state index contributed by atoms with van der Waals surface area (Å²) in [6.07, 6.45) is 0.868. The normalized spacial score (nSPS) is 10.4. The summed E-state index contributed by atoms with van der Waals surface area (Å²) in [7, 11) is 0. The van der Waals surface area contributed by atoms with Crippen molar-refractivity contribution in [1.82, 2.24) is 16.2 Å². The number of amides is 2. The number of thiocarbonyl (C=S) groups is 1. The first-order valence-electron chi connectivity index (χ1n) is 10.2. The topological polar surface area (TPSA) is 88.7 Å². The fraction of sp³-hybridized carbons (Fsp3) is 0.348. The summed E-state index contributed by atoms with van der Waals surface area (Å²) in [4.78, 5) is 24.7. The summed E-state index contributed by atoms with van der Waals surface area (Å²) in [6, 6.07) is 10.9. The lowest BCUT2D eigenvalue weighted by Gasteiger charge is -2.14. The van der Waals surface area contributed by atoms with Gasteiger partial charge in [-0.3, -0.25) is 25.8 Å². The van der Waals surface area contributed by atoms with Gasteiger partial charge in [-0.2, -0.15) is 0 Å². The lowest BCUT2D eigenvalue weighted by Crippen LogP contribution is -2.49. The predicted molar refractivity (Wildman–Crippen MR) is 132 cm³/mol. The second-order valence-corrected chi connectivity index (χ2v) is 9.06. The van der Waals surface area contributed by atoms with Crippen molar-refractivity contribution in [3.05, 3.63) is 57.6 Å². The quantitative estimate of drug-likeness (QED) is 0.356. The van der Waals surface area contributed by atoms with Crippen molar-refractivity contribution >= 4 is 45.1 Å². The van der Waals surface area contributed by atoms with Gasteiger partial charge in [0.25, 0.3) is 11.8 Å². The van der Waals surface area contributed by atoms with Crippen molar-refractivity contribution in [2.45, 2.75) is 34.1 Å². The molecular formula is C23H28BrN3O4S. The molecule has 0 atom stereocenters. The summed E-state index contributed by atoms with van der Waals surface area (Å²) in [5, 5.41) is 2.48. The number of nitrogens with one attached hydrogen (secondary N) is 3. The number of benzene rings is 2. The Balaban J connectivity index is 1.85. The first kappa shape index (κ1) is 25.6. The van der Waals surface area contributed by atoms with Gasteiger partial charge in [0.2, 0.25) is 0 Å². The maximum Gasteiger partial charge on any atom is 0.276 e. The van der Waals surface area contributed by atoms with E-state index in [1.54, 1.807) is 18.2 Å². The molecule has 0 aliphatic carbocycles. The summed E-state index contributed by atoms with van der Waals surface area (Å²) >= 11 is 8.47. The molecular weight excluding hydrogens is 494 g/mol. The third-order valence-electron chi connectivity index (χ3n) is 4.25. The molecule has 0 saturated heterocycles. The van der Waals surface area contributed by atoms with Crippen LogP contribution in [0.25, 0.3) is 0 Å². The van der Waals surface area contributed by atoms with E-state index in [1.165, 1.54) is 0 Å². The van der Waals surface area contributed by atoms with Crippen LogP contribution in [0.5, 0.6) is 11.5 Å². The number of rotatable bonds is 8. The summed E-state index contributed by atoms with van der Waals surface area (Å²) in [5.74, 6) is 0.653. The molecule has 172 valence electrons. The molecule has 2 aromatic rings. The monoisotopic (exact) mass is 521 g/mol. The molecule has 0 heterocycles. The molecule has 0 radical (unpaired) electrons. The Bertz CT molecular complexity index is 961. The fourth-order valence-corrected chi connectivity index (χ4v) is 3.24. The molecule has 0 aliphatic heterocycles. The second-order valence-electron chi connectivity index (χ2n) is 7.74. The predicted octanol–water partition coefficient (Wildman–Crippen LogP) is 4.21. The molecule has 0 aromatic heterocycles. The van der Waals surface area contributed by atoms with Crippen molar-refractivity contribution in [2.24, 2.45) is 5.92 Å². The zero-order valence-corrected chi connectivity index (χ0v) is 21.0. The van der Waals surface area contributed by atoms with E-state index in [1.807, 2.05) is 32.0 Å². The number of carbonyl (C=O) groups is 2. The van der Waals surface area contributed by atoms with Crippen LogP contribution in [0.15, 0.2) is 40.9 Å². The Hall–Kier alpha value is -2.65. The van der Waals surface area contributed by atoms with E-state index in [2.05, 4.69) is 45.9 Å². The van der Waals surface area contributed by atoms with Gasteiger partial charge in [0.15, 0.2) is 11.7 Å². The van der Waals surface area contributed by atoms with Crippen LogP contribution in [0.3, 0.4) is 0 Å². The number of ether oxygens (including phenoxy) is 2. The molecule has 0 unspecified atom stereocenters. The Morgan fingerprint density at radius 2 is 1.72 bits per heavy atom. The van der Waals surface area contributed by atoms with Gasteiger partial charge in [-0.25, -0.2) is 0 Å². The average Bonchev–Trinajstić information content (AvgIpc) is 2.70. The third-order valence-corrected chi connectivity index (χ3v) is 4.94. The Labute approximate surface area is 202 Å². The van der Waals surface area contributed by atoms with Crippen LogP contribution in [0, 0.1) is 19.8 Å². The van der Waals surface area contributed by atoms with Crippen LogP contribution in [-0.4, -0.2) is 30.1 Å². The molecule has 3 N–H and O–H groups in total. The molecule has 2 rings (SSSR count). The lowest BCUT2D eigenvalue weighted by atomic mass is 10.1. The van der Waals surface area contributed by atoms with E-state index in [0.29, 0.717) is 29.6 Å². The molecule has 2 amide bonds. The number of halogens is 1. The number of hydrazine groups is 1. The van der Waals surface area contributed by atoms with E-state index in [-0.39, 0.29) is 11.7 Å². The molecule has 0 aliphatic rings. The van der Waals surface area contributed by atoms with Crippen molar-refractivity contribution in [2.75, 3.05) is 13.2 Å². The van der Waals surface area contributed by atoms with Gasteiger partial charge < -0.3 is 9.47 Å². The molecule has 0 bridgehead atoms. The zero-order valence-electron chi connectivity index (χ0n) is 18.6. The molecule has 0 fully saturated rings. The van der Waals surface area contributed by atoms with Gasteiger partial charge in [-0.05, 0) is 79.9 Å². The van der Waals surface area contributed by atoms with Crippen molar-refractivity contribution in [3.8, 4) is 11.5 Å². The van der Waals surface area contributed by atoms with Gasteiger partial charge in [-0.15, -0.1) is 0 Å². The van der Waals surface area contributed by atoms with Gasteiger partial charge in [0.05, 0.1) is 12.2 Å². The van der Waals surface area contributed by atoms with Gasteiger partial charge in [0.1, 0.15) is 11.5 Å². The highest BCUT2D eigenvalue weighted by molar-refractivity contribution is 9.10. The van der Waals surface area contributed by atoms with Crippen molar-refractivity contribution < 1.29 is 19.1 Å². The first-order valence-corrected chi connectivity index (χ1v) is 11.4. The second kappa shape index (κ2) is 12.4. The number of hydrogen-bond acceptors (Lipinski definition) is 5. The third kappa shape index (κ3) is 8.84. The Morgan fingerprint density at radius 1 is 1.03 bits per heavy atom. The molecule has 0 spiro atoms. The average molecular weight is 522 g/mol. The molecule has 2 aromatic carbocycles. The standard InChI is InChI=1S/C23H28BrN3O4S/c1-14(2)7-8-30-20-6-5-17(24)12-19(20)22(29)25-23(32)27-26-21(28)13-31-18-10-15(3)9-16(4)11-18/h5-6,9-12,14H,7-8,13H2,1-4H3,(H,26,28)(H2,25,27,29,32). The van der Waals surface area contributed by atoms with Gasteiger partial charge in [-0.1, -0.05) is 35.8 Å². The largest absolute Gasteiger partial charge is 0.493 e. The van der Waals surface area contributed by atoms with E-state index in [0.717, 1.165) is 22.0 Å². The maximum atomic E-state index is 12.7. The van der Waals surface area contributed by atoms with Crippen LogP contribution in [0.1, 0.15) is 41.8 Å². The maximum absolute atomic E-state index is 12.7. The van der Waals surface area contributed by atoms with Crippen LogP contribution >= 0.6 is 28.1 Å². The fourth-order valence-electron chi connectivity index (χ4n) is 2.74. The minimum Gasteiger partial charge on any atom is -0.493 e. The molecule has 0 saturated carbocycles. The SMILES string of the molecule is Cc1cc(C)cc(OCC(=O)NNC(=S)NC(=O)c2cc(Br)ccc2OCCC(C)C)c1. The smallest absolute Gasteiger partial charge is 0.276 e. The van der Waals surface area contributed by atoms with Crippen LogP contribution < -0.4 is 25.6 Å². The number of hydrogen-bond donors (Lipinski definition) is 3. The van der Waals surface area contributed by atoms with Crippen molar-refractivity contribution in [1.29, 1.82) is 0 Å². The first-order chi connectivity index (χ1) is 15.1. The van der Waals surface area contributed by atoms with Gasteiger partial charge >= 0.3 is 0 Å². The zero-order chi connectivity index (χ0) is 23.7. The van der Waals surface area contributed by atoms with Crippen LogP contribution in [0.2, 0.25) is 0 Å². The number of aryl methyl sites for hydroxylation is 2. The van der Waals surface area contributed by atoms with E-state index in [9.17, 15) is 9.59 Å². The Kier molecular flexibility index (Phi) is 9.93. The summed E-state index contributed by atoms with van der Waals surface area (Å²) < 4.78 is 12.0. The minimum absolute atomic E-state index is 0.0529. The molecule has 7 nitrogen and oxygen atoms in total. The highest BCUT2D eigenvalue weighted by Crippen LogP contribution is 2.24. The number of carbonyl (C=O) groups excluding carboxylic acids is 2. The van der Waals surface area contributed by atoms with E-state index in [4.69, 9.17) is 21.7 Å². The molecule has 32 heavy (non-hydrogen) atoms. The summed E-state index contributed by atoms with van der Waals surface area (Å²) in [6.45, 7) is 8.40. The highest BCUT2D eigenvalue weighted by Gasteiger charge is 2.15. The van der Waals surface area contributed by atoms with Crippen LogP contribution in [-0.2, 0) is 4.79 Å². The Morgan fingerprint density at radius 3 is 2.38 bits per heavy atom. The van der Waals surface area contributed by atoms with Crippen LogP contribution in [0.4, 0.5) is 0 Å². The highest BCUT2D eigenvalue weighted by atomic mass is 79.9. The summed E-state index contributed by atoms with van der Waals surface area (Å²) in [5.41, 5.74) is 7.32. The molecule has 9 heteroatoms. The van der Waals surface area contributed by atoms with Gasteiger partial charge in [0, 0.05) is 4.47 Å². The lowest BCUT2D eigenvalue weighted by molar-refractivity contribution is -0.123. The van der Waals surface area contributed by atoms with E-state index >= 15 is 0 Å². The minimum atomic E-state index is -0.455.